The number of hydrogen-bond donors (Lipinski definition) is 1. The minimum absolute atomic E-state index is 0.0210. The largest absolute Gasteiger partial charge is 0.390 e. The van der Waals surface area contributed by atoms with E-state index in [0.717, 1.165) is 26.1 Å². The SMILES string of the molecule is CCCN(CC)CCNCCC(F)(F)F. The fraction of sp³-hybridized carbons (Fsp3) is 1.00. The summed E-state index contributed by atoms with van der Waals surface area (Å²) in [4.78, 5) is 2.22. The molecular weight excluding hydrogens is 205 g/mol. The number of nitrogens with zero attached hydrogens (tertiary/aromatic N) is 1. The van der Waals surface area contributed by atoms with Crippen molar-refractivity contribution in [2.45, 2.75) is 32.9 Å². The maximum absolute atomic E-state index is 11.8. The van der Waals surface area contributed by atoms with Gasteiger partial charge in [0.05, 0.1) is 6.42 Å². The molecule has 1 N–H and O–H groups in total. The molecule has 0 fully saturated rings. The Morgan fingerprint density at radius 1 is 1.07 bits per heavy atom. The van der Waals surface area contributed by atoms with Gasteiger partial charge in [-0.15, -0.1) is 0 Å². The molecule has 0 aliphatic heterocycles. The zero-order chi connectivity index (χ0) is 11.7. The van der Waals surface area contributed by atoms with Crippen molar-refractivity contribution < 1.29 is 13.2 Å². The van der Waals surface area contributed by atoms with E-state index in [4.69, 9.17) is 0 Å². The van der Waals surface area contributed by atoms with Crippen LogP contribution in [0.4, 0.5) is 13.2 Å². The van der Waals surface area contributed by atoms with Crippen LogP contribution in [0.1, 0.15) is 26.7 Å². The van der Waals surface area contributed by atoms with Gasteiger partial charge in [-0.2, -0.15) is 13.2 Å². The molecule has 0 heterocycles. The van der Waals surface area contributed by atoms with Crippen molar-refractivity contribution in [2.24, 2.45) is 0 Å². The van der Waals surface area contributed by atoms with Crippen LogP contribution >= 0.6 is 0 Å². The third kappa shape index (κ3) is 10.0. The van der Waals surface area contributed by atoms with E-state index in [0.29, 0.717) is 6.54 Å². The summed E-state index contributed by atoms with van der Waals surface area (Å²) in [6.07, 6.45) is -3.70. The van der Waals surface area contributed by atoms with Crippen molar-refractivity contribution in [3.05, 3.63) is 0 Å². The second-order valence-corrected chi connectivity index (χ2v) is 3.55. The number of hydrogen-bond acceptors (Lipinski definition) is 2. The minimum atomic E-state index is -4.04. The molecular formula is C10H21F3N2. The third-order valence-electron chi connectivity index (χ3n) is 2.18. The number of nitrogens with one attached hydrogen (secondary N) is 1. The van der Waals surface area contributed by atoms with Gasteiger partial charge < -0.3 is 10.2 Å². The maximum atomic E-state index is 11.8. The summed E-state index contributed by atoms with van der Waals surface area (Å²) in [5.74, 6) is 0. The highest BCUT2D eigenvalue weighted by molar-refractivity contribution is 4.59. The summed E-state index contributed by atoms with van der Waals surface area (Å²) in [5, 5.41) is 2.80. The zero-order valence-corrected chi connectivity index (χ0v) is 9.53. The summed E-state index contributed by atoms with van der Waals surface area (Å²) in [6.45, 7) is 7.59. The molecule has 0 unspecified atom stereocenters. The van der Waals surface area contributed by atoms with Crippen LogP contribution in [0, 0.1) is 0 Å². The lowest BCUT2D eigenvalue weighted by Gasteiger charge is -2.19. The first-order valence-electron chi connectivity index (χ1n) is 5.49. The number of rotatable bonds is 8. The van der Waals surface area contributed by atoms with Crippen LogP contribution in [0.5, 0.6) is 0 Å². The van der Waals surface area contributed by atoms with E-state index < -0.39 is 12.6 Å². The van der Waals surface area contributed by atoms with Crippen molar-refractivity contribution in [2.75, 3.05) is 32.7 Å². The van der Waals surface area contributed by atoms with Crippen LogP contribution in [-0.4, -0.2) is 43.8 Å². The highest BCUT2D eigenvalue weighted by Gasteiger charge is 2.25. The van der Waals surface area contributed by atoms with Crippen LogP contribution < -0.4 is 5.32 Å². The average Bonchev–Trinajstić information content (AvgIpc) is 2.14. The van der Waals surface area contributed by atoms with Gasteiger partial charge in [0.1, 0.15) is 0 Å². The van der Waals surface area contributed by atoms with Crippen LogP contribution in [0.25, 0.3) is 0 Å². The Hall–Kier alpha value is -0.290. The second kappa shape index (κ2) is 7.93. The van der Waals surface area contributed by atoms with E-state index in [-0.39, 0.29) is 6.54 Å². The monoisotopic (exact) mass is 226 g/mol. The zero-order valence-electron chi connectivity index (χ0n) is 9.53. The van der Waals surface area contributed by atoms with Gasteiger partial charge in [-0.1, -0.05) is 13.8 Å². The quantitative estimate of drug-likeness (QED) is 0.639. The first-order valence-corrected chi connectivity index (χ1v) is 5.49. The van der Waals surface area contributed by atoms with Crippen LogP contribution in [0.3, 0.4) is 0 Å². The van der Waals surface area contributed by atoms with Crippen LogP contribution in [-0.2, 0) is 0 Å². The maximum Gasteiger partial charge on any atom is 0.390 e. The highest BCUT2D eigenvalue weighted by Crippen LogP contribution is 2.17. The predicted molar refractivity (Wildman–Crippen MR) is 55.9 cm³/mol. The van der Waals surface area contributed by atoms with Gasteiger partial charge in [-0.3, -0.25) is 0 Å². The molecule has 0 amide bonds. The highest BCUT2D eigenvalue weighted by atomic mass is 19.4. The molecule has 92 valence electrons. The van der Waals surface area contributed by atoms with Gasteiger partial charge in [0.2, 0.25) is 0 Å². The molecule has 0 rings (SSSR count). The number of likely N-dealkylation sites (N-methyl/N-ethyl adjacent to an activating group) is 1. The molecule has 0 aromatic heterocycles. The standard InChI is InChI=1S/C10H21F3N2/c1-3-8-15(4-2)9-7-14-6-5-10(11,12)13/h14H,3-9H2,1-2H3. The molecule has 0 saturated carbocycles. The molecule has 5 heteroatoms. The minimum Gasteiger partial charge on any atom is -0.315 e. The summed E-state index contributed by atoms with van der Waals surface area (Å²) >= 11 is 0. The molecule has 0 atom stereocenters. The fourth-order valence-electron chi connectivity index (χ4n) is 1.34. The van der Waals surface area contributed by atoms with Crippen molar-refractivity contribution in [3.8, 4) is 0 Å². The van der Waals surface area contributed by atoms with E-state index >= 15 is 0 Å². The van der Waals surface area contributed by atoms with Gasteiger partial charge in [0, 0.05) is 19.6 Å². The second-order valence-electron chi connectivity index (χ2n) is 3.55. The van der Waals surface area contributed by atoms with Gasteiger partial charge in [0.15, 0.2) is 0 Å². The van der Waals surface area contributed by atoms with Crippen molar-refractivity contribution in [3.63, 3.8) is 0 Å². The summed E-state index contributed by atoms with van der Waals surface area (Å²) in [7, 11) is 0. The summed E-state index contributed by atoms with van der Waals surface area (Å²) in [5.41, 5.74) is 0. The Labute approximate surface area is 89.8 Å². The Balaban J connectivity index is 3.36. The summed E-state index contributed by atoms with van der Waals surface area (Å²) < 4.78 is 35.3. The first-order chi connectivity index (χ1) is 6.99. The van der Waals surface area contributed by atoms with E-state index in [2.05, 4.69) is 24.1 Å². The molecule has 0 aliphatic rings. The molecule has 0 spiro atoms. The van der Waals surface area contributed by atoms with Gasteiger partial charge >= 0.3 is 6.18 Å². The molecule has 15 heavy (non-hydrogen) atoms. The topological polar surface area (TPSA) is 15.3 Å². The predicted octanol–water partition coefficient (Wildman–Crippen LogP) is 2.26. The Morgan fingerprint density at radius 3 is 2.20 bits per heavy atom. The molecule has 2 nitrogen and oxygen atoms in total. The van der Waals surface area contributed by atoms with E-state index in [9.17, 15) is 13.2 Å². The molecule has 0 saturated heterocycles. The van der Waals surface area contributed by atoms with Crippen molar-refractivity contribution >= 4 is 0 Å². The van der Waals surface area contributed by atoms with Gasteiger partial charge in [-0.25, -0.2) is 0 Å². The van der Waals surface area contributed by atoms with Crippen LogP contribution in [0.15, 0.2) is 0 Å². The Morgan fingerprint density at radius 2 is 1.73 bits per heavy atom. The van der Waals surface area contributed by atoms with E-state index in [1.165, 1.54) is 0 Å². The summed E-state index contributed by atoms with van der Waals surface area (Å²) in [6, 6.07) is 0. The van der Waals surface area contributed by atoms with E-state index in [1.54, 1.807) is 0 Å². The molecule has 0 bridgehead atoms. The third-order valence-corrected chi connectivity index (χ3v) is 2.18. The smallest absolute Gasteiger partial charge is 0.315 e. The van der Waals surface area contributed by atoms with Gasteiger partial charge in [0.25, 0.3) is 0 Å². The Bertz CT molecular complexity index is 148. The number of halogens is 3. The van der Waals surface area contributed by atoms with Crippen molar-refractivity contribution in [1.29, 1.82) is 0 Å². The lowest BCUT2D eigenvalue weighted by Crippen LogP contribution is -2.33. The van der Waals surface area contributed by atoms with E-state index in [1.807, 2.05) is 0 Å². The molecule has 0 aromatic rings. The lowest BCUT2D eigenvalue weighted by atomic mass is 10.4. The molecule has 0 aliphatic carbocycles. The Kier molecular flexibility index (Phi) is 7.78. The van der Waals surface area contributed by atoms with Gasteiger partial charge in [-0.05, 0) is 19.5 Å². The average molecular weight is 226 g/mol. The van der Waals surface area contributed by atoms with Crippen LogP contribution in [0.2, 0.25) is 0 Å². The lowest BCUT2D eigenvalue weighted by molar-refractivity contribution is -0.133. The molecule has 0 radical (unpaired) electrons. The normalized spacial score (nSPS) is 12.4. The first kappa shape index (κ1) is 14.7. The molecule has 0 aromatic carbocycles. The van der Waals surface area contributed by atoms with Crippen molar-refractivity contribution in [1.82, 2.24) is 10.2 Å². The number of alkyl halides is 3. The fourth-order valence-corrected chi connectivity index (χ4v) is 1.34.